The van der Waals surface area contributed by atoms with Gasteiger partial charge in [0.25, 0.3) is 11.6 Å². The molecule has 36 heavy (non-hydrogen) atoms. The van der Waals surface area contributed by atoms with Crippen molar-refractivity contribution in [2.24, 2.45) is 5.10 Å². The van der Waals surface area contributed by atoms with Crippen molar-refractivity contribution in [1.82, 2.24) is 5.43 Å². The Kier molecular flexibility index (Phi) is 7.30. The highest BCUT2D eigenvalue weighted by Crippen LogP contribution is 2.27. The minimum Gasteiger partial charge on any atom is -0.484 e. The van der Waals surface area contributed by atoms with E-state index in [0.717, 1.165) is 16.3 Å². The van der Waals surface area contributed by atoms with Crippen LogP contribution in [0.1, 0.15) is 21.5 Å². The zero-order chi connectivity index (χ0) is 25.5. The second-order valence-corrected chi connectivity index (χ2v) is 7.79. The number of aryl methyl sites for hydroxylation is 1. The van der Waals surface area contributed by atoms with Crippen molar-refractivity contribution in [1.29, 1.82) is 0 Å². The van der Waals surface area contributed by atoms with Gasteiger partial charge in [0.05, 0.1) is 16.7 Å². The van der Waals surface area contributed by atoms with Crippen molar-refractivity contribution in [3.63, 3.8) is 0 Å². The van der Waals surface area contributed by atoms with E-state index < -0.39 is 16.8 Å². The van der Waals surface area contributed by atoms with Crippen LogP contribution < -0.4 is 14.9 Å². The Morgan fingerprint density at radius 3 is 2.42 bits per heavy atom. The fourth-order valence-corrected chi connectivity index (χ4v) is 3.36. The molecule has 180 valence electrons. The van der Waals surface area contributed by atoms with Crippen LogP contribution in [0.3, 0.4) is 0 Å². The van der Waals surface area contributed by atoms with E-state index in [1.807, 2.05) is 49.4 Å². The number of nitro benzene ring substituents is 1. The molecule has 0 unspecified atom stereocenters. The molecule has 9 nitrogen and oxygen atoms in total. The van der Waals surface area contributed by atoms with Gasteiger partial charge in [-0.05, 0) is 48.0 Å². The van der Waals surface area contributed by atoms with E-state index in [9.17, 15) is 19.7 Å². The van der Waals surface area contributed by atoms with Crippen molar-refractivity contribution in [2.45, 2.75) is 6.92 Å². The van der Waals surface area contributed by atoms with Crippen LogP contribution in [0.5, 0.6) is 11.5 Å². The normalized spacial score (nSPS) is 10.8. The molecule has 0 radical (unpaired) electrons. The van der Waals surface area contributed by atoms with E-state index in [2.05, 4.69) is 10.5 Å². The maximum atomic E-state index is 12.7. The molecular weight excluding hydrogens is 462 g/mol. The summed E-state index contributed by atoms with van der Waals surface area (Å²) in [5.74, 6) is -0.456. The smallest absolute Gasteiger partial charge is 0.343 e. The number of hydrogen-bond donors (Lipinski definition) is 1. The number of benzene rings is 4. The third-order valence-corrected chi connectivity index (χ3v) is 5.22. The molecule has 4 aromatic rings. The summed E-state index contributed by atoms with van der Waals surface area (Å²) < 4.78 is 11.0. The van der Waals surface area contributed by atoms with Crippen LogP contribution in [0, 0.1) is 17.0 Å². The van der Waals surface area contributed by atoms with E-state index >= 15 is 0 Å². The van der Waals surface area contributed by atoms with E-state index in [0.29, 0.717) is 22.6 Å². The summed E-state index contributed by atoms with van der Waals surface area (Å²) in [4.78, 5) is 35.1. The van der Waals surface area contributed by atoms with Crippen LogP contribution >= 0.6 is 0 Å². The number of non-ortho nitro benzene ring substituents is 1. The number of fused-ring (bicyclic) bond motifs is 1. The van der Waals surface area contributed by atoms with Crippen LogP contribution in [0.15, 0.2) is 90.0 Å². The summed E-state index contributed by atoms with van der Waals surface area (Å²) in [6, 6.07) is 23.4. The van der Waals surface area contributed by atoms with Crippen LogP contribution in [0.2, 0.25) is 0 Å². The number of nitrogens with one attached hydrogen (secondary N) is 1. The summed E-state index contributed by atoms with van der Waals surface area (Å²) in [5.41, 5.74) is 4.25. The molecule has 0 saturated carbocycles. The molecule has 9 heteroatoms. The second kappa shape index (κ2) is 10.9. The Hall–Kier alpha value is -5.05. The van der Waals surface area contributed by atoms with Gasteiger partial charge in [0, 0.05) is 17.7 Å². The van der Waals surface area contributed by atoms with E-state index in [1.165, 1.54) is 30.5 Å². The third kappa shape index (κ3) is 5.89. The number of carbonyl (C=O) groups is 2. The number of carbonyl (C=O) groups excluding carboxylic acids is 2. The molecule has 0 aliphatic rings. The van der Waals surface area contributed by atoms with Gasteiger partial charge in [0.15, 0.2) is 6.61 Å². The number of ether oxygens (including phenoxy) is 2. The minimum atomic E-state index is -0.539. The SMILES string of the molecule is Cc1ccc(C(=O)Oc2ccc3ccccc3c2/C=N/NC(=O)COc2ccc([N+](=O)[O-])cc2)cc1. The topological polar surface area (TPSA) is 120 Å². The number of hydrazone groups is 1. The molecule has 4 rings (SSSR count). The first-order valence-electron chi connectivity index (χ1n) is 10.9. The first-order valence-corrected chi connectivity index (χ1v) is 10.9. The second-order valence-electron chi connectivity index (χ2n) is 7.79. The van der Waals surface area contributed by atoms with Gasteiger partial charge in [-0.15, -0.1) is 0 Å². The summed E-state index contributed by atoms with van der Waals surface area (Å²) in [6.45, 7) is 1.58. The fraction of sp³-hybridized carbons (Fsp3) is 0.0741. The van der Waals surface area contributed by atoms with E-state index in [1.54, 1.807) is 18.2 Å². The highest BCUT2D eigenvalue weighted by atomic mass is 16.6. The average Bonchev–Trinajstić information content (AvgIpc) is 2.89. The average molecular weight is 483 g/mol. The van der Waals surface area contributed by atoms with Crippen molar-refractivity contribution in [3.8, 4) is 11.5 Å². The van der Waals surface area contributed by atoms with Crippen LogP contribution in [-0.4, -0.2) is 29.6 Å². The zero-order valence-corrected chi connectivity index (χ0v) is 19.2. The predicted octanol–water partition coefficient (Wildman–Crippen LogP) is 4.80. The Balaban J connectivity index is 1.47. The van der Waals surface area contributed by atoms with Crippen LogP contribution in [0.25, 0.3) is 10.8 Å². The van der Waals surface area contributed by atoms with Crippen LogP contribution in [0.4, 0.5) is 5.69 Å². The summed E-state index contributed by atoms with van der Waals surface area (Å²) in [7, 11) is 0. The van der Waals surface area contributed by atoms with Gasteiger partial charge in [-0.1, -0.05) is 48.0 Å². The molecule has 0 heterocycles. The summed E-state index contributed by atoms with van der Waals surface area (Å²) in [5, 5.41) is 16.4. The molecule has 0 bridgehead atoms. The fourth-order valence-electron chi connectivity index (χ4n) is 3.36. The van der Waals surface area contributed by atoms with Crippen molar-refractivity contribution in [3.05, 3.63) is 112 Å². The lowest BCUT2D eigenvalue weighted by Gasteiger charge is -2.11. The number of nitro groups is 1. The Morgan fingerprint density at radius 2 is 1.69 bits per heavy atom. The maximum Gasteiger partial charge on any atom is 0.343 e. The van der Waals surface area contributed by atoms with Crippen molar-refractivity contribution in [2.75, 3.05) is 6.61 Å². The van der Waals surface area contributed by atoms with Gasteiger partial charge in [-0.2, -0.15) is 5.10 Å². The highest BCUT2D eigenvalue weighted by molar-refractivity contribution is 6.04. The molecule has 0 aliphatic carbocycles. The standard InChI is InChI=1S/C27H21N3O6/c1-18-6-8-20(9-7-18)27(32)36-25-15-10-19-4-2-3-5-23(19)24(25)16-28-29-26(31)17-35-22-13-11-21(12-14-22)30(33)34/h2-16H,17H2,1H3,(H,29,31)/b28-16+. The molecule has 0 aromatic heterocycles. The molecule has 0 aliphatic heterocycles. The Labute approximate surface area is 206 Å². The molecular formula is C27H21N3O6. The quantitative estimate of drug-likeness (QED) is 0.126. The monoisotopic (exact) mass is 483 g/mol. The summed E-state index contributed by atoms with van der Waals surface area (Å²) in [6.07, 6.45) is 1.41. The van der Waals surface area contributed by atoms with E-state index in [4.69, 9.17) is 9.47 Å². The van der Waals surface area contributed by atoms with Gasteiger partial charge < -0.3 is 9.47 Å². The molecule has 0 fully saturated rings. The molecule has 0 atom stereocenters. The molecule has 4 aromatic carbocycles. The number of amides is 1. The van der Waals surface area contributed by atoms with Gasteiger partial charge in [-0.3, -0.25) is 14.9 Å². The Bertz CT molecular complexity index is 1450. The largest absolute Gasteiger partial charge is 0.484 e. The van der Waals surface area contributed by atoms with Gasteiger partial charge >= 0.3 is 5.97 Å². The first kappa shape index (κ1) is 24.1. The first-order chi connectivity index (χ1) is 17.4. The highest BCUT2D eigenvalue weighted by Gasteiger charge is 2.14. The Morgan fingerprint density at radius 1 is 0.972 bits per heavy atom. The van der Waals surface area contributed by atoms with Gasteiger partial charge in [-0.25, -0.2) is 10.2 Å². The number of esters is 1. The lowest BCUT2D eigenvalue weighted by Crippen LogP contribution is -2.24. The van der Waals surface area contributed by atoms with Crippen LogP contribution in [-0.2, 0) is 4.79 Å². The van der Waals surface area contributed by atoms with Crippen molar-refractivity contribution < 1.29 is 24.0 Å². The summed E-state index contributed by atoms with van der Waals surface area (Å²) >= 11 is 0. The number of hydrogen-bond acceptors (Lipinski definition) is 7. The zero-order valence-electron chi connectivity index (χ0n) is 19.2. The van der Waals surface area contributed by atoms with Crippen molar-refractivity contribution >= 4 is 34.6 Å². The van der Waals surface area contributed by atoms with Gasteiger partial charge in [0.1, 0.15) is 11.5 Å². The lowest BCUT2D eigenvalue weighted by molar-refractivity contribution is -0.384. The maximum absolute atomic E-state index is 12.7. The third-order valence-electron chi connectivity index (χ3n) is 5.22. The van der Waals surface area contributed by atoms with E-state index in [-0.39, 0.29) is 12.3 Å². The molecule has 1 amide bonds. The molecule has 0 spiro atoms. The minimum absolute atomic E-state index is 0.0784. The lowest BCUT2D eigenvalue weighted by atomic mass is 10.0. The molecule has 0 saturated heterocycles. The van der Waals surface area contributed by atoms with Gasteiger partial charge in [0.2, 0.25) is 0 Å². The predicted molar refractivity (Wildman–Crippen MR) is 134 cm³/mol. The number of rotatable bonds is 8. The molecule has 1 N–H and O–H groups in total. The number of nitrogens with zero attached hydrogens (tertiary/aromatic N) is 2.